The average Bonchev–Trinajstić information content (AvgIpc) is 2.68. The van der Waals surface area contributed by atoms with Crippen LogP contribution in [-0.2, 0) is 19.6 Å². The summed E-state index contributed by atoms with van der Waals surface area (Å²) in [4.78, 5) is 27.1. The molecule has 8 nitrogen and oxygen atoms in total. The van der Waals surface area contributed by atoms with Crippen LogP contribution >= 0.6 is 0 Å². The first-order valence-electron chi connectivity index (χ1n) is 9.08. The number of nitrogens with one attached hydrogen (secondary N) is 1. The highest BCUT2D eigenvalue weighted by atomic mass is 32.2. The molecular formula is C18H25N3O5S. The van der Waals surface area contributed by atoms with Gasteiger partial charge in [0.05, 0.1) is 30.7 Å². The van der Waals surface area contributed by atoms with Gasteiger partial charge in [-0.15, -0.1) is 0 Å². The van der Waals surface area contributed by atoms with Crippen molar-refractivity contribution < 1.29 is 22.7 Å². The Balaban J connectivity index is 1.66. The van der Waals surface area contributed by atoms with Gasteiger partial charge >= 0.3 is 0 Å². The van der Waals surface area contributed by atoms with Crippen LogP contribution in [0, 0.1) is 5.92 Å². The fraction of sp³-hybridized carbons (Fsp3) is 0.556. The highest BCUT2D eigenvalue weighted by Gasteiger charge is 2.30. The van der Waals surface area contributed by atoms with E-state index in [1.165, 1.54) is 10.6 Å². The van der Waals surface area contributed by atoms with Gasteiger partial charge in [-0.3, -0.25) is 9.59 Å². The maximum atomic E-state index is 12.8. The van der Waals surface area contributed by atoms with Crippen molar-refractivity contribution in [3.05, 3.63) is 29.8 Å². The molecule has 2 amide bonds. The number of hydrogen-bond acceptors (Lipinski definition) is 5. The lowest BCUT2D eigenvalue weighted by Gasteiger charge is -2.30. The molecule has 0 saturated carbocycles. The molecule has 0 radical (unpaired) electrons. The second-order valence-corrected chi connectivity index (χ2v) is 8.86. The molecule has 1 N–H and O–H groups in total. The Labute approximate surface area is 159 Å². The Morgan fingerprint density at radius 3 is 2.33 bits per heavy atom. The summed E-state index contributed by atoms with van der Waals surface area (Å²) in [5.41, 5.74) is 0.950. The highest BCUT2D eigenvalue weighted by molar-refractivity contribution is 7.88. The van der Waals surface area contributed by atoms with E-state index in [1.807, 2.05) is 0 Å². The maximum Gasteiger partial charge on any atom is 0.256 e. The third-order valence-corrected chi connectivity index (χ3v) is 6.31. The van der Waals surface area contributed by atoms with Crippen LogP contribution in [0.25, 0.3) is 0 Å². The molecule has 2 fully saturated rings. The summed E-state index contributed by atoms with van der Waals surface area (Å²) < 4.78 is 29.9. The van der Waals surface area contributed by atoms with Gasteiger partial charge in [-0.25, -0.2) is 12.7 Å². The van der Waals surface area contributed by atoms with Crippen LogP contribution in [0.2, 0.25) is 0 Å². The summed E-state index contributed by atoms with van der Waals surface area (Å²) in [5.74, 6) is -0.569. The molecule has 9 heteroatoms. The van der Waals surface area contributed by atoms with Crippen molar-refractivity contribution in [2.24, 2.45) is 5.92 Å². The van der Waals surface area contributed by atoms with Gasteiger partial charge in [0.25, 0.3) is 5.91 Å². The fourth-order valence-corrected chi connectivity index (χ4v) is 4.27. The maximum absolute atomic E-state index is 12.8. The molecule has 1 aromatic rings. The van der Waals surface area contributed by atoms with E-state index in [2.05, 4.69) is 5.32 Å². The van der Waals surface area contributed by atoms with E-state index in [1.54, 1.807) is 29.2 Å². The van der Waals surface area contributed by atoms with E-state index >= 15 is 0 Å². The molecule has 3 rings (SSSR count). The molecule has 2 aliphatic heterocycles. The second kappa shape index (κ2) is 8.37. The van der Waals surface area contributed by atoms with Crippen molar-refractivity contribution in [1.82, 2.24) is 9.21 Å². The molecule has 27 heavy (non-hydrogen) atoms. The molecular weight excluding hydrogens is 370 g/mol. The van der Waals surface area contributed by atoms with Gasteiger partial charge in [0, 0.05) is 32.1 Å². The van der Waals surface area contributed by atoms with Crippen molar-refractivity contribution in [3.63, 3.8) is 0 Å². The third kappa shape index (κ3) is 4.85. The number of ether oxygens (including phenoxy) is 1. The number of morpholine rings is 1. The van der Waals surface area contributed by atoms with Crippen LogP contribution in [0.5, 0.6) is 0 Å². The number of carbonyl (C=O) groups excluding carboxylic acids is 2. The quantitative estimate of drug-likeness (QED) is 0.812. The Morgan fingerprint density at radius 1 is 1.07 bits per heavy atom. The molecule has 0 spiro atoms. The van der Waals surface area contributed by atoms with Gasteiger partial charge < -0.3 is 15.0 Å². The van der Waals surface area contributed by atoms with Gasteiger partial charge in [0.2, 0.25) is 15.9 Å². The molecule has 148 valence electrons. The number of piperidine rings is 1. The fourth-order valence-electron chi connectivity index (χ4n) is 3.40. The van der Waals surface area contributed by atoms with E-state index in [4.69, 9.17) is 4.74 Å². The van der Waals surface area contributed by atoms with Crippen LogP contribution in [0.3, 0.4) is 0 Å². The predicted molar refractivity (Wildman–Crippen MR) is 101 cm³/mol. The van der Waals surface area contributed by atoms with Crippen molar-refractivity contribution in [2.45, 2.75) is 12.8 Å². The van der Waals surface area contributed by atoms with Crippen LogP contribution in [0.15, 0.2) is 24.3 Å². The molecule has 0 unspecified atom stereocenters. The summed E-state index contributed by atoms with van der Waals surface area (Å²) in [6.45, 7) is 2.77. The van der Waals surface area contributed by atoms with Gasteiger partial charge in [0.15, 0.2) is 0 Å². The largest absolute Gasteiger partial charge is 0.378 e. The highest BCUT2D eigenvalue weighted by Crippen LogP contribution is 2.23. The number of sulfonamides is 1. The number of benzene rings is 1. The molecule has 0 atom stereocenters. The van der Waals surface area contributed by atoms with Crippen LogP contribution in [0.1, 0.15) is 23.2 Å². The summed E-state index contributed by atoms with van der Waals surface area (Å²) >= 11 is 0. The van der Waals surface area contributed by atoms with Crippen molar-refractivity contribution in [1.29, 1.82) is 0 Å². The molecule has 1 aromatic carbocycles. The van der Waals surface area contributed by atoms with Gasteiger partial charge in [0.1, 0.15) is 0 Å². The van der Waals surface area contributed by atoms with E-state index in [0.29, 0.717) is 63.5 Å². The molecule has 2 saturated heterocycles. The Bertz CT molecular complexity index is 797. The first-order valence-corrected chi connectivity index (χ1v) is 10.9. The summed E-state index contributed by atoms with van der Waals surface area (Å²) in [6.07, 6.45) is 2.12. The van der Waals surface area contributed by atoms with Crippen LogP contribution in [-0.4, -0.2) is 75.1 Å². The Hall–Kier alpha value is -1.97. The standard InChI is InChI=1S/C18H25N3O5S/c1-27(24,25)21-8-6-14(7-9-21)17(22)19-16-5-3-2-4-15(16)18(23)20-10-12-26-13-11-20/h2-5,14H,6-13H2,1H3,(H,19,22). The van der Waals surface area contributed by atoms with E-state index in [9.17, 15) is 18.0 Å². The lowest BCUT2D eigenvalue weighted by Crippen LogP contribution is -2.42. The molecule has 0 aromatic heterocycles. The van der Waals surface area contributed by atoms with Gasteiger partial charge in [-0.2, -0.15) is 0 Å². The number of hydrogen-bond donors (Lipinski definition) is 1. The lowest BCUT2D eigenvalue weighted by molar-refractivity contribution is -0.120. The van der Waals surface area contributed by atoms with Crippen molar-refractivity contribution in [2.75, 3.05) is 51.0 Å². The zero-order valence-electron chi connectivity index (χ0n) is 15.4. The zero-order chi connectivity index (χ0) is 19.4. The number of carbonyl (C=O) groups is 2. The molecule has 2 aliphatic rings. The predicted octanol–water partition coefficient (Wildman–Crippen LogP) is 0.769. The summed E-state index contributed by atoms with van der Waals surface area (Å²) in [6, 6.07) is 6.97. The second-order valence-electron chi connectivity index (χ2n) is 6.88. The monoisotopic (exact) mass is 395 g/mol. The Morgan fingerprint density at radius 2 is 1.70 bits per heavy atom. The normalized spacial score (nSPS) is 19.7. The minimum absolute atomic E-state index is 0.124. The number of amides is 2. The number of rotatable bonds is 4. The van der Waals surface area contributed by atoms with Crippen LogP contribution < -0.4 is 5.32 Å². The Kier molecular flexibility index (Phi) is 6.13. The number of nitrogens with zero attached hydrogens (tertiary/aromatic N) is 2. The first-order chi connectivity index (χ1) is 12.9. The molecule has 2 heterocycles. The van der Waals surface area contributed by atoms with Crippen molar-refractivity contribution in [3.8, 4) is 0 Å². The van der Waals surface area contributed by atoms with E-state index in [0.717, 1.165) is 0 Å². The van der Waals surface area contributed by atoms with E-state index < -0.39 is 10.0 Å². The summed E-state index contributed by atoms with van der Waals surface area (Å²) in [5, 5.41) is 2.87. The minimum atomic E-state index is -3.22. The third-order valence-electron chi connectivity index (χ3n) is 5.01. The minimum Gasteiger partial charge on any atom is -0.378 e. The van der Waals surface area contributed by atoms with Gasteiger partial charge in [-0.05, 0) is 25.0 Å². The molecule has 0 aliphatic carbocycles. The SMILES string of the molecule is CS(=O)(=O)N1CCC(C(=O)Nc2ccccc2C(=O)N2CCOCC2)CC1. The smallest absolute Gasteiger partial charge is 0.256 e. The van der Waals surface area contributed by atoms with Crippen molar-refractivity contribution >= 4 is 27.5 Å². The molecule has 0 bridgehead atoms. The van der Waals surface area contributed by atoms with E-state index in [-0.39, 0.29) is 17.7 Å². The van der Waals surface area contributed by atoms with Crippen LogP contribution in [0.4, 0.5) is 5.69 Å². The summed E-state index contributed by atoms with van der Waals surface area (Å²) in [7, 11) is -3.22. The number of para-hydroxylation sites is 1. The van der Waals surface area contributed by atoms with Gasteiger partial charge in [-0.1, -0.05) is 12.1 Å². The lowest BCUT2D eigenvalue weighted by atomic mass is 9.97. The number of anilines is 1. The topological polar surface area (TPSA) is 96.0 Å². The zero-order valence-corrected chi connectivity index (χ0v) is 16.2. The first kappa shape index (κ1) is 19.8. The average molecular weight is 395 g/mol.